The summed E-state index contributed by atoms with van der Waals surface area (Å²) < 4.78 is 5.78. The third-order valence-electron chi connectivity index (χ3n) is 3.44. The Morgan fingerprint density at radius 3 is 2.82 bits per heavy atom. The van der Waals surface area contributed by atoms with E-state index in [4.69, 9.17) is 4.74 Å². The number of hydrogen-bond acceptors (Lipinski definition) is 1. The van der Waals surface area contributed by atoms with Crippen LogP contribution in [0.25, 0.3) is 6.08 Å². The lowest BCUT2D eigenvalue weighted by atomic mass is 9.98. The Labute approximate surface area is 104 Å². The predicted molar refractivity (Wildman–Crippen MR) is 72.8 cm³/mol. The molecule has 0 atom stereocenters. The van der Waals surface area contributed by atoms with Crippen LogP contribution in [0.4, 0.5) is 0 Å². The summed E-state index contributed by atoms with van der Waals surface area (Å²) >= 11 is 0. The summed E-state index contributed by atoms with van der Waals surface area (Å²) in [6.07, 6.45) is 12.0. The summed E-state index contributed by atoms with van der Waals surface area (Å²) in [5, 5.41) is 0. The van der Waals surface area contributed by atoms with Gasteiger partial charge in [0.1, 0.15) is 0 Å². The molecule has 0 heterocycles. The molecular weight excluding hydrogens is 208 g/mol. The lowest BCUT2D eigenvalue weighted by Crippen LogP contribution is -2.13. The van der Waals surface area contributed by atoms with Crippen LogP contribution in [0.3, 0.4) is 0 Å². The third kappa shape index (κ3) is 3.92. The van der Waals surface area contributed by atoms with Gasteiger partial charge in [-0.2, -0.15) is 0 Å². The summed E-state index contributed by atoms with van der Waals surface area (Å²) in [5.74, 6) is 0. The Morgan fingerprint density at radius 2 is 2.06 bits per heavy atom. The van der Waals surface area contributed by atoms with Gasteiger partial charge in [0.25, 0.3) is 0 Å². The molecule has 0 saturated heterocycles. The fourth-order valence-corrected chi connectivity index (χ4v) is 2.35. The second-order valence-corrected chi connectivity index (χ2v) is 4.80. The van der Waals surface area contributed by atoms with Crippen LogP contribution in [0.2, 0.25) is 0 Å². The molecule has 0 spiro atoms. The van der Waals surface area contributed by atoms with Gasteiger partial charge >= 0.3 is 0 Å². The van der Waals surface area contributed by atoms with Crippen molar-refractivity contribution in [2.24, 2.45) is 0 Å². The SMILES string of the molecule is CCc1cccc(C=COC2CCCCC2)c1. The molecule has 0 bridgehead atoms. The average Bonchev–Trinajstić information content (AvgIpc) is 2.40. The van der Waals surface area contributed by atoms with E-state index in [9.17, 15) is 0 Å². The summed E-state index contributed by atoms with van der Waals surface area (Å²) in [6.45, 7) is 2.18. The van der Waals surface area contributed by atoms with E-state index < -0.39 is 0 Å². The largest absolute Gasteiger partial charge is 0.498 e. The second kappa shape index (κ2) is 6.48. The van der Waals surface area contributed by atoms with E-state index in [1.807, 2.05) is 6.26 Å². The highest BCUT2D eigenvalue weighted by atomic mass is 16.5. The number of rotatable bonds is 4. The summed E-state index contributed by atoms with van der Waals surface area (Å²) in [6, 6.07) is 8.62. The monoisotopic (exact) mass is 230 g/mol. The minimum Gasteiger partial charge on any atom is -0.498 e. The maximum Gasteiger partial charge on any atom is 0.0978 e. The summed E-state index contributed by atoms with van der Waals surface area (Å²) in [7, 11) is 0. The fourth-order valence-electron chi connectivity index (χ4n) is 2.35. The predicted octanol–water partition coefficient (Wildman–Crippen LogP) is 4.57. The van der Waals surface area contributed by atoms with Crippen LogP contribution < -0.4 is 0 Å². The van der Waals surface area contributed by atoms with Gasteiger partial charge in [-0.15, -0.1) is 0 Å². The van der Waals surface area contributed by atoms with Gasteiger partial charge in [0, 0.05) is 0 Å². The maximum absolute atomic E-state index is 5.78. The first-order chi connectivity index (χ1) is 8.38. The third-order valence-corrected chi connectivity index (χ3v) is 3.44. The van der Waals surface area contributed by atoms with Crippen molar-refractivity contribution < 1.29 is 4.74 Å². The molecule has 0 aromatic heterocycles. The minimum atomic E-state index is 0.453. The van der Waals surface area contributed by atoms with E-state index in [2.05, 4.69) is 37.3 Å². The molecule has 1 fully saturated rings. The number of ether oxygens (including phenoxy) is 1. The molecule has 1 heteroatoms. The lowest BCUT2D eigenvalue weighted by Gasteiger charge is -2.20. The zero-order valence-corrected chi connectivity index (χ0v) is 10.7. The Bertz CT molecular complexity index is 362. The molecule has 92 valence electrons. The van der Waals surface area contributed by atoms with Crippen LogP contribution in [-0.2, 0) is 11.2 Å². The first-order valence-electron chi connectivity index (χ1n) is 6.79. The van der Waals surface area contributed by atoms with Crippen molar-refractivity contribution in [2.45, 2.75) is 51.6 Å². The van der Waals surface area contributed by atoms with Crippen LogP contribution in [0.5, 0.6) is 0 Å². The maximum atomic E-state index is 5.78. The minimum absolute atomic E-state index is 0.453. The molecule has 0 amide bonds. The van der Waals surface area contributed by atoms with E-state index in [-0.39, 0.29) is 0 Å². The van der Waals surface area contributed by atoms with Gasteiger partial charge < -0.3 is 4.74 Å². The zero-order chi connectivity index (χ0) is 11.9. The fraction of sp³-hybridized carbons (Fsp3) is 0.500. The number of hydrogen-bond donors (Lipinski definition) is 0. The van der Waals surface area contributed by atoms with Crippen molar-refractivity contribution in [1.29, 1.82) is 0 Å². The highest BCUT2D eigenvalue weighted by molar-refractivity contribution is 5.49. The van der Waals surface area contributed by atoms with Gasteiger partial charge in [-0.05, 0) is 49.3 Å². The van der Waals surface area contributed by atoms with Gasteiger partial charge in [-0.25, -0.2) is 0 Å². The molecule has 0 aliphatic heterocycles. The first-order valence-corrected chi connectivity index (χ1v) is 6.79. The van der Waals surface area contributed by atoms with Gasteiger partial charge in [0.05, 0.1) is 12.4 Å². The molecule has 2 rings (SSSR count). The van der Waals surface area contributed by atoms with Crippen LogP contribution in [0.1, 0.15) is 50.2 Å². The zero-order valence-electron chi connectivity index (χ0n) is 10.7. The molecular formula is C16H22O. The molecule has 1 aromatic carbocycles. The van der Waals surface area contributed by atoms with Crippen LogP contribution in [-0.4, -0.2) is 6.10 Å². The van der Waals surface area contributed by atoms with Crippen LogP contribution in [0.15, 0.2) is 30.5 Å². The molecule has 1 aliphatic carbocycles. The molecule has 0 radical (unpaired) electrons. The molecule has 1 nitrogen and oxygen atoms in total. The standard InChI is InChI=1S/C16H22O/c1-2-14-7-6-8-15(13-14)11-12-17-16-9-4-3-5-10-16/h6-8,11-13,16H,2-5,9-10H2,1H3. The van der Waals surface area contributed by atoms with Crippen LogP contribution in [0, 0.1) is 0 Å². The quantitative estimate of drug-likeness (QED) is 0.688. The van der Waals surface area contributed by atoms with Gasteiger partial charge in [-0.3, -0.25) is 0 Å². The topological polar surface area (TPSA) is 9.23 Å². The molecule has 0 unspecified atom stereocenters. The van der Waals surface area contributed by atoms with E-state index in [1.54, 1.807) is 0 Å². The number of benzene rings is 1. The molecule has 0 N–H and O–H groups in total. The highest BCUT2D eigenvalue weighted by Gasteiger charge is 2.12. The summed E-state index contributed by atoms with van der Waals surface area (Å²) in [4.78, 5) is 0. The summed E-state index contributed by atoms with van der Waals surface area (Å²) in [5.41, 5.74) is 2.62. The van der Waals surface area contributed by atoms with E-state index >= 15 is 0 Å². The van der Waals surface area contributed by atoms with Crippen molar-refractivity contribution in [1.82, 2.24) is 0 Å². The molecule has 1 aromatic rings. The van der Waals surface area contributed by atoms with Gasteiger partial charge in [-0.1, -0.05) is 37.6 Å². The Morgan fingerprint density at radius 1 is 1.24 bits per heavy atom. The first kappa shape index (κ1) is 12.2. The van der Waals surface area contributed by atoms with Crippen molar-refractivity contribution in [2.75, 3.05) is 0 Å². The second-order valence-electron chi connectivity index (χ2n) is 4.80. The van der Waals surface area contributed by atoms with Crippen molar-refractivity contribution in [3.63, 3.8) is 0 Å². The average molecular weight is 230 g/mol. The van der Waals surface area contributed by atoms with Crippen molar-refractivity contribution in [3.8, 4) is 0 Å². The van der Waals surface area contributed by atoms with Gasteiger partial charge in [0.15, 0.2) is 0 Å². The van der Waals surface area contributed by atoms with E-state index in [1.165, 1.54) is 43.2 Å². The highest BCUT2D eigenvalue weighted by Crippen LogP contribution is 2.20. The normalized spacial score (nSPS) is 17.5. The van der Waals surface area contributed by atoms with Crippen LogP contribution >= 0.6 is 0 Å². The van der Waals surface area contributed by atoms with E-state index in [0.29, 0.717) is 6.10 Å². The number of aryl methyl sites for hydroxylation is 1. The Hall–Kier alpha value is -1.24. The Kier molecular flexibility index (Phi) is 4.66. The Balaban J connectivity index is 1.86. The molecule has 1 aliphatic rings. The van der Waals surface area contributed by atoms with Crippen molar-refractivity contribution in [3.05, 3.63) is 41.7 Å². The molecule has 17 heavy (non-hydrogen) atoms. The van der Waals surface area contributed by atoms with E-state index in [0.717, 1.165) is 6.42 Å². The van der Waals surface area contributed by atoms with Crippen molar-refractivity contribution >= 4 is 6.08 Å². The smallest absolute Gasteiger partial charge is 0.0978 e. The van der Waals surface area contributed by atoms with Gasteiger partial charge in [0.2, 0.25) is 0 Å². The lowest BCUT2D eigenvalue weighted by molar-refractivity contribution is 0.108. The molecule has 1 saturated carbocycles.